The van der Waals surface area contributed by atoms with Gasteiger partial charge in [-0.2, -0.15) is 0 Å². The summed E-state index contributed by atoms with van der Waals surface area (Å²) in [5.74, 6) is -2.58. The van der Waals surface area contributed by atoms with Crippen molar-refractivity contribution in [1.82, 2.24) is 9.88 Å². The van der Waals surface area contributed by atoms with Crippen molar-refractivity contribution in [2.45, 2.75) is 36.9 Å². The van der Waals surface area contributed by atoms with Gasteiger partial charge in [-0.05, 0) is 19.1 Å². The Morgan fingerprint density at radius 2 is 2.12 bits per heavy atom. The number of thioether (sulfide) groups is 1. The molecule has 4 heterocycles. The van der Waals surface area contributed by atoms with Crippen LogP contribution in [0.15, 0.2) is 32.5 Å². The van der Waals surface area contributed by atoms with E-state index in [1.165, 1.54) is 32.9 Å². The highest BCUT2D eigenvalue weighted by atomic mass is 32.2. The van der Waals surface area contributed by atoms with E-state index in [1.54, 1.807) is 18.3 Å². The first kappa shape index (κ1) is 24.4. The Balaban J connectivity index is 1.53. The Kier molecular flexibility index (Phi) is 6.74. The molecule has 0 unspecified atom stereocenters. The molecule has 1 amide bonds. The third kappa shape index (κ3) is 4.50. The average Bonchev–Trinajstić information content (AvgIpc) is 3.40. The van der Waals surface area contributed by atoms with Gasteiger partial charge in [-0.3, -0.25) is 4.79 Å². The monoisotopic (exact) mass is 509 g/mol. The molecule has 178 valence electrons. The molecule has 2 aliphatic heterocycles. The summed E-state index contributed by atoms with van der Waals surface area (Å²) in [4.78, 5) is 33.1. The first-order valence-corrected chi connectivity index (χ1v) is 13.2. The molecule has 0 radical (unpaired) electrons. The molecule has 1 fully saturated rings. The molecule has 4 atom stereocenters. The first-order chi connectivity index (χ1) is 15.5. The van der Waals surface area contributed by atoms with Gasteiger partial charge in [-0.25, -0.2) is 4.98 Å². The van der Waals surface area contributed by atoms with Crippen LogP contribution in [-0.2, 0) is 16.1 Å². The predicted molar refractivity (Wildman–Crippen MR) is 126 cm³/mol. The van der Waals surface area contributed by atoms with Gasteiger partial charge >= 0.3 is 0 Å². The van der Waals surface area contributed by atoms with E-state index in [-0.39, 0.29) is 30.2 Å². The molecule has 1 saturated heterocycles. The van der Waals surface area contributed by atoms with Crippen LogP contribution in [0.5, 0.6) is 0 Å². The fraction of sp³-hybridized carbons (Fsp3) is 0.500. The Hall–Kier alpha value is -1.76. The Morgan fingerprint density at radius 3 is 2.76 bits per heavy atom. The van der Waals surface area contributed by atoms with E-state index < -0.39 is 18.0 Å². The number of fused-ring (bicyclic) bond motifs is 1. The number of carbonyl (C=O) groups excluding carboxylic acids is 2. The molecule has 8 nitrogen and oxygen atoms in total. The Morgan fingerprint density at radius 1 is 1.39 bits per heavy atom. The number of β-lactam (4-membered cyclic amide) rings is 1. The van der Waals surface area contributed by atoms with Crippen LogP contribution in [0, 0.1) is 11.8 Å². The van der Waals surface area contributed by atoms with Gasteiger partial charge in [0, 0.05) is 16.2 Å². The van der Waals surface area contributed by atoms with Gasteiger partial charge in [-0.15, -0.1) is 22.7 Å². The summed E-state index contributed by atoms with van der Waals surface area (Å²) in [5.41, 5.74) is 0.729. The van der Waals surface area contributed by atoms with Gasteiger partial charge in [0.1, 0.15) is 13.1 Å². The highest BCUT2D eigenvalue weighted by Gasteiger charge is 2.58. The summed E-state index contributed by atoms with van der Waals surface area (Å²) in [6, 6.07) is 3.74. The second-order valence-electron chi connectivity index (χ2n) is 9.16. The van der Waals surface area contributed by atoms with Crippen LogP contribution < -0.4 is 5.11 Å². The van der Waals surface area contributed by atoms with Crippen LogP contribution in [0.4, 0.5) is 0 Å². The molecule has 4 rings (SSSR count). The van der Waals surface area contributed by atoms with Crippen molar-refractivity contribution in [1.29, 1.82) is 0 Å². The number of carboxylic acid groups (broad SMARTS) is 1. The minimum absolute atomic E-state index is 0.0987. The number of thiophene rings is 1. The molecular formula is C22H27N3O5S3. The zero-order valence-corrected chi connectivity index (χ0v) is 21.3. The smallest absolute Gasteiger partial charge is 0.235 e. The summed E-state index contributed by atoms with van der Waals surface area (Å²) < 4.78 is 1.39. The third-order valence-corrected chi connectivity index (χ3v) is 9.50. The van der Waals surface area contributed by atoms with Gasteiger partial charge in [-0.1, -0.05) is 18.7 Å². The van der Waals surface area contributed by atoms with Gasteiger partial charge < -0.3 is 29.5 Å². The SMILES string of the molecule is C[C@@H](O)[C@H]1C(=O)N2C(C(=O)[O-])=C(Sc3nc(-c4ccc(C[N+](C)(C)CCO)s4)cs3)[C@H](C)[C@H]12. The fourth-order valence-electron chi connectivity index (χ4n) is 4.53. The van der Waals surface area contributed by atoms with Crippen molar-refractivity contribution in [3.8, 4) is 10.6 Å². The molecule has 2 aromatic rings. The number of likely N-dealkylation sites (N-methyl/N-ethyl adjacent to an activating group) is 1. The topological polar surface area (TPSA) is 114 Å². The number of nitrogens with zero attached hydrogens (tertiary/aromatic N) is 3. The zero-order chi connectivity index (χ0) is 24.1. The fourth-order valence-corrected chi connectivity index (χ4v) is 7.87. The van der Waals surface area contributed by atoms with Crippen molar-refractivity contribution in [2.24, 2.45) is 11.8 Å². The molecule has 0 aromatic carbocycles. The van der Waals surface area contributed by atoms with Crippen LogP contribution >= 0.6 is 34.4 Å². The molecular weight excluding hydrogens is 482 g/mol. The molecule has 11 heteroatoms. The molecule has 2 aliphatic rings. The molecule has 0 saturated carbocycles. The summed E-state index contributed by atoms with van der Waals surface area (Å²) in [6.45, 7) is 5.07. The lowest BCUT2D eigenvalue weighted by Crippen LogP contribution is -2.64. The molecule has 0 spiro atoms. The number of hydrogen-bond acceptors (Lipinski definition) is 9. The molecule has 0 bridgehead atoms. The highest BCUT2D eigenvalue weighted by Crippen LogP contribution is 2.52. The number of carboxylic acids is 1. The summed E-state index contributed by atoms with van der Waals surface area (Å²) >= 11 is 4.35. The summed E-state index contributed by atoms with van der Waals surface area (Å²) in [7, 11) is 4.16. The maximum absolute atomic E-state index is 12.5. The molecule has 2 N–H and O–H groups in total. The lowest BCUT2D eigenvalue weighted by molar-refractivity contribution is -0.903. The number of quaternary nitrogens is 1. The maximum Gasteiger partial charge on any atom is 0.235 e. The molecule has 33 heavy (non-hydrogen) atoms. The van der Waals surface area contributed by atoms with Gasteiger partial charge in [0.05, 0.1) is 65.9 Å². The summed E-state index contributed by atoms with van der Waals surface area (Å²) in [6.07, 6.45) is -0.839. The average molecular weight is 510 g/mol. The van der Waals surface area contributed by atoms with Crippen LogP contribution in [0.1, 0.15) is 18.7 Å². The number of aliphatic hydroxyl groups excluding tert-OH is 2. The number of hydrogen-bond donors (Lipinski definition) is 2. The number of carbonyl (C=O) groups is 2. The number of rotatable bonds is 9. The quantitative estimate of drug-likeness (QED) is 0.387. The van der Waals surface area contributed by atoms with Crippen molar-refractivity contribution in [3.63, 3.8) is 0 Å². The number of aliphatic hydroxyl groups is 2. The van der Waals surface area contributed by atoms with Crippen molar-refractivity contribution >= 4 is 46.3 Å². The second-order valence-corrected chi connectivity index (χ2v) is 12.5. The van der Waals surface area contributed by atoms with E-state index in [0.29, 0.717) is 20.3 Å². The second kappa shape index (κ2) is 9.12. The predicted octanol–water partition coefficient (Wildman–Crippen LogP) is 1.35. The number of thiazole rings is 1. The van der Waals surface area contributed by atoms with Crippen LogP contribution in [0.25, 0.3) is 10.6 Å². The number of aromatic nitrogens is 1. The largest absolute Gasteiger partial charge is 0.543 e. The van der Waals surface area contributed by atoms with Crippen LogP contribution in [0.2, 0.25) is 0 Å². The standard InChI is InChI=1S/C22H27N3O5S3/c1-11-17-16(12(2)27)20(28)24(17)18(21(29)30)19(11)33-22-23-14(10-31-22)15-6-5-13(32-15)9-25(3,4)7-8-26/h5-6,10-12,16-17,26-27H,7-9H2,1-4H3/t11-,12-,16-,17-/m1/s1. The highest BCUT2D eigenvalue weighted by molar-refractivity contribution is 8.04. The number of amides is 1. The van der Waals surface area contributed by atoms with Gasteiger partial charge in [0.15, 0.2) is 4.34 Å². The van der Waals surface area contributed by atoms with E-state index in [4.69, 9.17) is 4.98 Å². The van der Waals surface area contributed by atoms with Gasteiger partial charge in [0.25, 0.3) is 0 Å². The first-order valence-electron chi connectivity index (χ1n) is 10.7. The zero-order valence-electron chi connectivity index (χ0n) is 18.8. The Labute approximate surface area is 204 Å². The van der Waals surface area contributed by atoms with Crippen molar-refractivity contribution < 1.29 is 29.4 Å². The minimum atomic E-state index is -1.38. The van der Waals surface area contributed by atoms with Gasteiger partial charge in [0.2, 0.25) is 5.91 Å². The van der Waals surface area contributed by atoms with E-state index in [9.17, 15) is 24.9 Å². The minimum Gasteiger partial charge on any atom is -0.543 e. The van der Waals surface area contributed by atoms with E-state index in [0.717, 1.165) is 17.1 Å². The lowest BCUT2D eigenvalue weighted by atomic mass is 9.79. The van der Waals surface area contributed by atoms with E-state index in [1.807, 2.05) is 18.4 Å². The maximum atomic E-state index is 12.5. The summed E-state index contributed by atoms with van der Waals surface area (Å²) in [5, 5.41) is 33.1. The molecule has 2 aromatic heterocycles. The van der Waals surface area contributed by atoms with Crippen molar-refractivity contribution in [2.75, 3.05) is 27.2 Å². The molecule has 0 aliphatic carbocycles. The van der Waals surface area contributed by atoms with E-state index >= 15 is 0 Å². The number of aliphatic carboxylic acids is 1. The van der Waals surface area contributed by atoms with Crippen LogP contribution in [0.3, 0.4) is 0 Å². The van der Waals surface area contributed by atoms with E-state index in [2.05, 4.69) is 20.2 Å². The Bertz CT molecular complexity index is 1110. The van der Waals surface area contributed by atoms with Crippen LogP contribution in [-0.4, -0.2) is 75.8 Å². The third-order valence-electron chi connectivity index (χ3n) is 6.19. The normalized spacial score (nSPS) is 23.6. The van der Waals surface area contributed by atoms with Crippen molar-refractivity contribution in [3.05, 3.63) is 33.0 Å². The lowest BCUT2D eigenvalue weighted by Gasteiger charge is -2.47.